The van der Waals surface area contributed by atoms with Crippen molar-refractivity contribution in [2.24, 2.45) is 5.92 Å². The van der Waals surface area contributed by atoms with E-state index in [4.69, 9.17) is 5.11 Å². The topological polar surface area (TPSA) is 37.3 Å². The Morgan fingerprint density at radius 3 is 1.90 bits per heavy atom. The molecule has 0 bridgehead atoms. The van der Waals surface area contributed by atoms with Gasteiger partial charge in [-0.05, 0) is 38.0 Å². The van der Waals surface area contributed by atoms with E-state index in [1.54, 1.807) is 0 Å². The van der Waals surface area contributed by atoms with Crippen LogP contribution in [0.15, 0.2) is 12.2 Å². The van der Waals surface area contributed by atoms with Gasteiger partial charge in [0, 0.05) is 6.42 Å². The van der Waals surface area contributed by atoms with Crippen molar-refractivity contribution in [1.82, 2.24) is 0 Å². The van der Waals surface area contributed by atoms with Gasteiger partial charge in [-0.2, -0.15) is 0 Å². The van der Waals surface area contributed by atoms with Crippen LogP contribution in [0, 0.1) is 5.92 Å². The standard InChI is InChI=1S/C18H34O2/c1-17(2)15-13-11-9-7-5-3-4-6-8-10-12-14-16-18(19)20/h6,8,17H,3-5,7,9-16H2,1-2H3,(H,19,20)/b8-6-. The lowest BCUT2D eigenvalue weighted by Crippen LogP contribution is -1.92. The molecule has 0 atom stereocenters. The minimum atomic E-state index is -0.678. The highest BCUT2D eigenvalue weighted by molar-refractivity contribution is 5.66. The summed E-state index contributed by atoms with van der Waals surface area (Å²) in [4.78, 5) is 10.3. The lowest BCUT2D eigenvalue weighted by atomic mass is 10.0. The van der Waals surface area contributed by atoms with Crippen LogP contribution >= 0.6 is 0 Å². The van der Waals surface area contributed by atoms with E-state index in [-0.39, 0.29) is 0 Å². The van der Waals surface area contributed by atoms with E-state index >= 15 is 0 Å². The first-order chi connectivity index (χ1) is 9.63. The van der Waals surface area contributed by atoms with Crippen LogP contribution in [-0.2, 0) is 4.79 Å². The Kier molecular flexibility index (Phi) is 14.0. The van der Waals surface area contributed by atoms with Crippen molar-refractivity contribution in [3.8, 4) is 0 Å². The zero-order valence-electron chi connectivity index (χ0n) is 13.6. The van der Waals surface area contributed by atoms with Gasteiger partial charge >= 0.3 is 5.97 Å². The van der Waals surface area contributed by atoms with E-state index < -0.39 is 5.97 Å². The molecule has 0 rings (SSSR count). The summed E-state index contributed by atoms with van der Waals surface area (Å²) in [5.74, 6) is 0.179. The van der Waals surface area contributed by atoms with Crippen molar-refractivity contribution in [2.45, 2.75) is 90.9 Å². The maximum Gasteiger partial charge on any atom is 0.303 e. The fourth-order valence-electron chi connectivity index (χ4n) is 2.30. The molecule has 20 heavy (non-hydrogen) atoms. The quantitative estimate of drug-likeness (QED) is 0.315. The molecule has 0 radical (unpaired) electrons. The molecule has 0 aliphatic rings. The third-order valence-electron chi connectivity index (χ3n) is 3.58. The minimum absolute atomic E-state index is 0.310. The van der Waals surface area contributed by atoms with Crippen molar-refractivity contribution in [3.05, 3.63) is 12.2 Å². The predicted molar refractivity (Wildman–Crippen MR) is 87.0 cm³/mol. The van der Waals surface area contributed by atoms with Gasteiger partial charge in [0.1, 0.15) is 0 Å². The fraction of sp³-hybridized carbons (Fsp3) is 0.833. The third-order valence-corrected chi connectivity index (χ3v) is 3.58. The van der Waals surface area contributed by atoms with Crippen molar-refractivity contribution in [3.63, 3.8) is 0 Å². The molecule has 0 saturated carbocycles. The van der Waals surface area contributed by atoms with Crippen molar-refractivity contribution in [1.29, 1.82) is 0 Å². The normalized spacial score (nSPS) is 11.6. The third kappa shape index (κ3) is 17.2. The predicted octanol–water partition coefficient (Wildman–Crippen LogP) is 5.96. The van der Waals surface area contributed by atoms with Crippen molar-refractivity contribution >= 4 is 5.97 Å². The van der Waals surface area contributed by atoms with Gasteiger partial charge in [-0.3, -0.25) is 4.79 Å². The lowest BCUT2D eigenvalue weighted by molar-refractivity contribution is -0.137. The fourth-order valence-corrected chi connectivity index (χ4v) is 2.30. The van der Waals surface area contributed by atoms with Gasteiger partial charge in [0.05, 0.1) is 0 Å². The zero-order valence-corrected chi connectivity index (χ0v) is 13.6. The second-order valence-electron chi connectivity index (χ2n) is 6.20. The van der Waals surface area contributed by atoms with E-state index in [2.05, 4.69) is 26.0 Å². The number of hydrogen-bond donors (Lipinski definition) is 1. The number of unbranched alkanes of at least 4 members (excludes halogenated alkanes) is 8. The van der Waals surface area contributed by atoms with Gasteiger partial charge < -0.3 is 5.11 Å². The van der Waals surface area contributed by atoms with Crippen LogP contribution in [0.5, 0.6) is 0 Å². The van der Waals surface area contributed by atoms with Crippen LogP contribution in [0.3, 0.4) is 0 Å². The Hall–Kier alpha value is -0.790. The first kappa shape index (κ1) is 19.2. The maximum atomic E-state index is 10.3. The highest BCUT2D eigenvalue weighted by Crippen LogP contribution is 2.12. The van der Waals surface area contributed by atoms with E-state index in [1.807, 2.05) is 0 Å². The second-order valence-corrected chi connectivity index (χ2v) is 6.20. The highest BCUT2D eigenvalue weighted by atomic mass is 16.4. The second kappa shape index (κ2) is 14.6. The molecule has 0 aliphatic carbocycles. The average molecular weight is 282 g/mol. The van der Waals surface area contributed by atoms with Gasteiger partial charge in [-0.25, -0.2) is 0 Å². The highest BCUT2D eigenvalue weighted by Gasteiger charge is 1.95. The number of allylic oxidation sites excluding steroid dienone is 2. The van der Waals surface area contributed by atoms with Crippen molar-refractivity contribution < 1.29 is 9.90 Å². The first-order valence-corrected chi connectivity index (χ1v) is 8.49. The van der Waals surface area contributed by atoms with Gasteiger partial charge in [-0.15, -0.1) is 0 Å². The molecule has 2 nitrogen and oxygen atoms in total. The Morgan fingerprint density at radius 1 is 0.850 bits per heavy atom. The summed E-state index contributed by atoms with van der Waals surface area (Å²) in [5.41, 5.74) is 0. The van der Waals surface area contributed by atoms with Crippen molar-refractivity contribution in [2.75, 3.05) is 0 Å². The molecule has 0 spiro atoms. The SMILES string of the molecule is CC(C)CCCCCCCC/C=C\CCCCC(=O)O. The molecule has 0 amide bonds. The number of aliphatic carboxylic acids is 1. The molecule has 0 unspecified atom stereocenters. The molecular weight excluding hydrogens is 248 g/mol. The zero-order chi connectivity index (χ0) is 15.1. The molecule has 0 fully saturated rings. The molecule has 0 aromatic rings. The summed E-state index contributed by atoms with van der Waals surface area (Å²) in [6.07, 6.45) is 18.4. The van der Waals surface area contributed by atoms with Gasteiger partial charge in [0.2, 0.25) is 0 Å². The summed E-state index contributed by atoms with van der Waals surface area (Å²) < 4.78 is 0. The van der Waals surface area contributed by atoms with Crippen LogP contribution in [0.1, 0.15) is 90.9 Å². The van der Waals surface area contributed by atoms with Crippen LogP contribution in [0.4, 0.5) is 0 Å². The van der Waals surface area contributed by atoms with E-state index in [9.17, 15) is 4.79 Å². The van der Waals surface area contributed by atoms with Crippen LogP contribution in [0.25, 0.3) is 0 Å². The van der Waals surface area contributed by atoms with E-state index in [1.165, 1.54) is 51.4 Å². The summed E-state index contributed by atoms with van der Waals surface area (Å²) in [5, 5.41) is 8.50. The molecule has 118 valence electrons. The Morgan fingerprint density at radius 2 is 1.35 bits per heavy atom. The summed E-state index contributed by atoms with van der Waals surface area (Å²) in [7, 11) is 0. The smallest absolute Gasteiger partial charge is 0.303 e. The van der Waals surface area contributed by atoms with Gasteiger partial charge in [-0.1, -0.05) is 64.5 Å². The molecule has 0 aliphatic heterocycles. The molecule has 0 aromatic heterocycles. The number of carbonyl (C=O) groups is 1. The number of rotatable bonds is 14. The Labute approximate surface area is 125 Å². The average Bonchev–Trinajstić information content (AvgIpc) is 2.38. The molecule has 0 saturated heterocycles. The maximum absolute atomic E-state index is 10.3. The minimum Gasteiger partial charge on any atom is -0.481 e. The number of carboxylic acid groups (broad SMARTS) is 1. The van der Waals surface area contributed by atoms with Gasteiger partial charge in [0.15, 0.2) is 0 Å². The summed E-state index contributed by atoms with van der Waals surface area (Å²) in [6.45, 7) is 4.60. The Bertz CT molecular complexity index is 244. The number of carboxylic acids is 1. The molecule has 2 heteroatoms. The lowest BCUT2D eigenvalue weighted by Gasteiger charge is -2.03. The summed E-state index contributed by atoms with van der Waals surface area (Å²) in [6, 6.07) is 0. The molecule has 1 N–H and O–H groups in total. The van der Waals surface area contributed by atoms with Crippen LogP contribution < -0.4 is 0 Å². The molecular formula is C18H34O2. The summed E-state index contributed by atoms with van der Waals surface area (Å²) >= 11 is 0. The Balaban J connectivity index is 3.10. The van der Waals surface area contributed by atoms with Crippen LogP contribution in [-0.4, -0.2) is 11.1 Å². The largest absolute Gasteiger partial charge is 0.481 e. The first-order valence-electron chi connectivity index (χ1n) is 8.49. The number of hydrogen-bond acceptors (Lipinski definition) is 1. The van der Waals surface area contributed by atoms with Gasteiger partial charge in [0.25, 0.3) is 0 Å². The van der Waals surface area contributed by atoms with E-state index in [0.29, 0.717) is 6.42 Å². The molecule has 0 aromatic carbocycles. The van der Waals surface area contributed by atoms with E-state index in [0.717, 1.165) is 25.2 Å². The van der Waals surface area contributed by atoms with Crippen LogP contribution in [0.2, 0.25) is 0 Å². The monoisotopic (exact) mass is 282 g/mol. The molecule has 0 heterocycles.